The molecule has 1 aliphatic heterocycles. The van der Waals surface area contributed by atoms with Crippen LogP contribution in [-0.2, 0) is 9.53 Å². The first kappa shape index (κ1) is 16.7. The van der Waals surface area contributed by atoms with Crippen molar-refractivity contribution in [1.82, 2.24) is 15.1 Å². The van der Waals surface area contributed by atoms with Crippen LogP contribution in [0.3, 0.4) is 0 Å². The third kappa shape index (κ3) is 3.49. The number of anilines is 1. The summed E-state index contributed by atoms with van der Waals surface area (Å²) < 4.78 is 6.63. The van der Waals surface area contributed by atoms with Crippen LogP contribution in [-0.4, -0.2) is 34.9 Å². The fourth-order valence-electron chi connectivity index (χ4n) is 2.62. The second kappa shape index (κ2) is 7.14. The summed E-state index contributed by atoms with van der Waals surface area (Å²) >= 11 is 1.50. The van der Waals surface area contributed by atoms with E-state index in [1.807, 2.05) is 17.5 Å². The quantitative estimate of drug-likeness (QED) is 0.851. The minimum absolute atomic E-state index is 0.0494. The van der Waals surface area contributed by atoms with Crippen LogP contribution >= 0.6 is 11.3 Å². The number of ether oxygens (including phenoxy) is 1. The number of thiophene rings is 1. The summed E-state index contributed by atoms with van der Waals surface area (Å²) in [6, 6.07) is 4.58. The first-order chi connectivity index (χ1) is 11.6. The van der Waals surface area contributed by atoms with E-state index in [4.69, 9.17) is 10.5 Å². The van der Waals surface area contributed by atoms with Crippen LogP contribution in [0.5, 0.6) is 0 Å². The summed E-state index contributed by atoms with van der Waals surface area (Å²) in [5, 5.41) is 9.06. The van der Waals surface area contributed by atoms with Crippen LogP contribution in [0, 0.1) is 0 Å². The second-order valence-corrected chi connectivity index (χ2v) is 6.72. The van der Waals surface area contributed by atoms with Crippen LogP contribution in [0.1, 0.15) is 25.8 Å². The Balaban J connectivity index is 1.79. The average molecular weight is 348 g/mol. The molecule has 1 aliphatic rings. The van der Waals surface area contributed by atoms with Gasteiger partial charge in [-0.1, -0.05) is 6.07 Å². The lowest BCUT2D eigenvalue weighted by Crippen LogP contribution is -2.40. The molecule has 0 unspecified atom stereocenters. The van der Waals surface area contributed by atoms with Crippen LogP contribution in [0.4, 0.5) is 5.69 Å². The van der Waals surface area contributed by atoms with E-state index in [2.05, 4.69) is 10.4 Å². The molecule has 1 amide bonds. The van der Waals surface area contributed by atoms with Crippen molar-refractivity contribution in [1.29, 1.82) is 0 Å². The van der Waals surface area contributed by atoms with Crippen molar-refractivity contribution in [3.8, 4) is 10.6 Å². The Morgan fingerprint density at radius 3 is 3.12 bits per heavy atom. The highest BCUT2D eigenvalue weighted by molar-refractivity contribution is 7.13. The number of aromatic nitrogens is 2. The van der Waals surface area contributed by atoms with Gasteiger partial charge in [-0.15, -0.1) is 11.3 Å². The summed E-state index contributed by atoms with van der Waals surface area (Å²) in [6.07, 6.45) is 2.00. The molecule has 0 aliphatic carbocycles. The monoisotopic (exact) mass is 348 g/mol. The van der Waals surface area contributed by atoms with E-state index in [-0.39, 0.29) is 17.7 Å². The number of hydrogen-bond donors (Lipinski definition) is 2. The fourth-order valence-corrected chi connectivity index (χ4v) is 3.30. The summed E-state index contributed by atoms with van der Waals surface area (Å²) in [6.45, 7) is 2.81. The number of nitrogens with two attached hydrogens (primary N) is 1. The number of hydrogen-bond acceptors (Lipinski definition) is 6. The number of carbonyl (C=O) groups is 1. The minimum atomic E-state index is -0.749. The lowest BCUT2D eigenvalue weighted by molar-refractivity contribution is -0.124. The van der Waals surface area contributed by atoms with Crippen LogP contribution < -0.4 is 16.6 Å². The molecule has 2 aromatic rings. The Kier molecular flexibility index (Phi) is 4.96. The van der Waals surface area contributed by atoms with Gasteiger partial charge in [0.25, 0.3) is 5.56 Å². The first-order valence-corrected chi connectivity index (χ1v) is 8.76. The van der Waals surface area contributed by atoms with Gasteiger partial charge in [-0.05, 0) is 37.3 Å². The van der Waals surface area contributed by atoms with Crippen molar-refractivity contribution in [2.75, 3.05) is 18.9 Å². The minimum Gasteiger partial charge on any atom is -0.394 e. The number of amides is 1. The molecule has 3 N–H and O–H groups in total. The Hall–Kier alpha value is -2.19. The number of nitrogens with one attached hydrogen (secondary N) is 1. The topological polar surface area (TPSA) is 99.2 Å². The van der Waals surface area contributed by atoms with Crippen molar-refractivity contribution in [2.45, 2.75) is 31.9 Å². The molecular weight excluding hydrogens is 328 g/mol. The highest BCUT2D eigenvalue weighted by Crippen LogP contribution is 2.23. The molecule has 24 heavy (non-hydrogen) atoms. The number of carbonyl (C=O) groups excluding carboxylic acids is 1. The molecule has 128 valence electrons. The molecular formula is C16H20N4O3S. The fraction of sp³-hybridized carbons (Fsp3) is 0.438. The Labute approximate surface area is 143 Å². The Morgan fingerprint density at radius 1 is 1.62 bits per heavy atom. The number of rotatable bonds is 5. The van der Waals surface area contributed by atoms with Crippen LogP contribution in [0.2, 0.25) is 0 Å². The van der Waals surface area contributed by atoms with Gasteiger partial charge in [0.15, 0.2) is 0 Å². The first-order valence-electron chi connectivity index (χ1n) is 7.89. The Morgan fingerprint density at radius 2 is 2.46 bits per heavy atom. The lowest BCUT2D eigenvalue weighted by Gasteiger charge is -2.17. The molecule has 0 radical (unpaired) electrons. The molecule has 1 saturated heterocycles. The molecule has 0 bridgehead atoms. The molecule has 7 nitrogen and oxygen atoms in total. The maximum absolute atomic E-state index is 12.4. The van der Waals surface area contributed by atoms with Crippen molar-refractivity contribution < 1.29 is 9.53 Å². The van der Waals surface area contributed by atoms with Gasteiger partial charge in [0, 0.05) is 13.2 Å². The van der Waals surface area contributed by atoms with Crippen LogP contribution in [0.15, 0.2) is 28.4 Å². The summed E-state index contributed by atoms with van der Waals surface area (Å²) in [5.41, 5.74) is 6.02. The molecule has 0 aromatic carbocycles. The molecule has 0 saturated carbocycles. The van der Waals surface area contributed by atoms with Gasteiger partial charge < -0.3 is 15.8 Å². The van der Waals surface area contributed by atoms with Crippen molar-refractivity contribution in [2.24, 2.45) is 0 Å². The average Bonchev–Trinajstić information content (AvgIpc) is 3.27. The molecule has 3 rings (SSSR count). The summed E-state index contributed by atoms with van der Waals surface area (Å²) in [5.74, 6) is -0.275. The predicted octanol–water partition coefficient (Wildman–Crippen LogP) is 1.41. The van der Waals surface area contributed by atoms with Gasteiger partial charge in [-0.3, -0.25) is 9.59 Å². The standard InChI is InChI=1S/C16H20N4O3S/c1-10(15(21)18-9-11-4-2-6-23-11)20-16(22)12(17)8-13(19-20)14-5-3-7-24-14/h3,5,7-8,10-11H,2,4,6,9,17H2,1H3,(H,18,21)/t10-,11+/m1/s1. The van der Waals surface area contributed by atoms with E-state index >= 15 is 0 Å². The largest absolute Gasteiger partial charge is 0.394 e. The SMILES string of the molecule is C[C@H](C(=O)NC[C@@H]1CCCO1)n1nc(-c2cccs2)cc(N)c1=O. The van der Waals surface area contributed by atoms with E-state index in [0.717, 1.165) is 29.0 Å². The van der Waals surface area contributed by atoms with Gasteiger partial charge in [0.2, 0.25) is 5.91 Å². The zero-order valence-electron chi connectivity index (χ0n) is 13.4. The van der Waals surface area contributed by atoms with Crippen molar-refractivity contribution in [3.63, 3.8) is 0 Å². The highest BCUT2D eigenvalue weighted by Gasteiger charge is 2.22. The molecule has 1 fully saturated rings. The van der Waals surface area contributed by atoms with Gasteiger partial charge in [-0.2, -0.15) is 5.10 Å². The van der Waals surface area contributed by atoms with E-state index in [0.29, 0.717) is 12.2 Å². The molecule has 8 heteroatoms. The normalized spacial score (nSPS) is 18.5. The summed E-state index contributed by atoms with van der Waals surface area (Å²) in [4.78, 5) is 25.5. The zero-order chi connectivity index (χ0) is 17.1. The van der Waals surface area contributed by atoms with Gasteiger partial charge in [0.05, 0.1) is 11.0 Å². The third-order valence-corrected chi connectivity index (χ3v) is 4.90. The van der Waals surface area contributed by atoms with E-state index in [1.54, 1.807) is 13.0 Å². The van der Waals surface area contributed by atoms with Crippen molar-refractivity contribution >= 4 is 22.9 Å². The van der Waals surface area contributed by atoms with Crippen LogP contribution in [0.25, 0.3) is 10.6 Å². The molecule has 0 spiro atoms. The maximum atomic E-state index is 12.4. The predicted molar refractivity (Wildman–Crippen MR) is 92.9 cm³/mol. The van der Waals surface area contributed by atoms with Gasteiger partial charge >= 0.3 is 0 Å². The van der Waals surface area contributed by atoms with Crippen molar-refractivity contribution in [3.05, 3.63) is 33.9 Å². The zero-order valence-corrected chi connectivity index (χ0v) is 14.2. The molecule has 2 aromatic heterocycles. The Bertz CT molecular complexity index is 766. The smallest absolute Gasteiger partial charge is 0.290 e. The van der Waals surface area contributed by atoms with E-state index in [9.17, 15) is 9.59 Å². The molecule has 2 atom stereocenters. The van der Waals surface area contributed by atoms with Gasteiger partial charge in [0.1, 0.15) is 17.4 Å². The maximum Gasteiger partial charge on any atom is 0.290 e. The summed E-state index contributed by atoms with van der Waals surface area (Å²) in [7, 11) is 0. The van der Waals surface area contributed by atoms with E-state index in [1.165, 1.54) is 11.3 Å². The third-order valence-electron chi connectivity index (χ3n) is 4.01. The van der Waals surface area contributed by atoms with E-state index < -0.39 is 11.6 Å². The second-order valence-electron chi connectivity index (χ2n) is 5.77. The number of nitrogens with zero attached hydrogens (tertiary/aromatic N) is 2. The number of nitrogen functional groups attached to an aromatic ring is 1. The highest BCUT2D eigenvalue weighted by atomic mass is 32.1. The molecule has 3 heterocycles. The van der Waals surface area contributed by atoms with Gasteiger partial charge in [-0.25, -0.2) is 4.68 Å². The lowest BCUT2D eigenvalue weighted by atomic mass is 10.2.